The van der Waals surface area contributed by atoms with Crippen LogP contribution in [-0.2, 0) is 5.92 Å². The summed E-state index contributed by atoms with van der Waals surface area (Å²) in [5.41, 5.74) is -3.03. The van der Waals surface area contributed by atoms with Gasteiger partial charge < -0.3 is 0 Å². The maximum absolute atomic E-state index is 13.6. The second-order valence-electron chi connectivity index (χ2n) is 3.59. The highest BCUT2D eigenvalue weighted by atomic mass is 79.9. The number of hydrogen-bond acceptors (Lipinski definition) is 0. The first-order valence-corrected chi connectivity index (χ1v) is 6.10. The minimum Gasteiger partial charge on any atom is -0.216 e. The number of halogens is 12. The highest BCUT2D eigenvalue weighted by molar-refractivity contribution is 9.12. The molecule has 0 bridgehead atoms. The van der Waals surface area contributed by atoms with Crippen molar-refractivity contribution in [3.63, 3.8) is 0 Å². The molecular weight excluding hydrogens is 458 g/mol. The maximum Gasteiger partial charge on any atom is 0.351 e. The third kappa shape index (κ3) is 2.64. The molecule has 0 N–H and O–H groups in total. The van der Waals surface area contributed by atoms with Gasteiger partial charge in [-0.3, -0.25) is 0 Å². The first-order chi connectivity index (χ1) is 9.18. The van der Waals surface area contributed by atoms with E-state index in [0.29, 0.717) is 0 Å². The normalized spacial score (nSPS) is 16.0. The first-order valence-electron chi connectivity index (χ1n) is 4.52. The highest BCUT2D eigenvalue weighted by Gasteiger charge is 2.70. The van der Waals surface area contributed by atoms with Gasteiger partial charge in [0.05, 0.1) is 0 Å². The molecular formula is C9Br2F10. The van der Waals surface area contributed by atoms with Crippen LogP contribution >= 0.6 is 31.9 Å². The fourth-order valence-corrected chi connectivity index (χ4v) is 1.66. The van der Waals surface area contributed by atoms with Crippen molar-refractivity contribution in [2.75, 3.05) is 0 Å². The predicted octanol–water partition coefficient (Wildman–Crippen LogP) is 5.52. The van der Waals surface area contributed by atoms with Crippen LogP contribution in [0.3, 0.4) is 0 Å². The summed E-state index contributed by atoms with van der Waals surface area (Å²) in [4.78, 5) is -5.11. The van der Waals surface area contributed by atoms with Crippen LogP contribution in [0.4, 0.5) is 43.9 Å². The molecule has 1 rings (SSSR count). The summed E-state index contributed by atoms with van der Waals surface area (Å²) in [6.45, 7) is 0. The maximum atomic E-state index is 13.6. The largest absolute Gasteiger partial charge is 0.351 e. The Morgan fingerprint density at radius 2 is 0.857 bits per heavy atom. The molecule has 0 radical (unpaired) electrons. The molecule has 1 unspecified atom stereocenters. The van der Waals surface area contributed by atoms with E-state index in [2.05, 4.69) is 0 Å². The predicted molar refractivity (Wildman–Crippen MR) is 56.8 cm³/mol. The first kappa shape index (κ1) is 18.5. The lowest BCUT2D eigenvalue weighted by molar-refractivity contribution is -0.164. The van der Waals surface area contributed by atoms with Gasteiger partial charge in [-0.2, -0.15) is 17.6 Å². The molecule has 21 heavy (non-hydrogen) atoms. The molecule has 0 saturated heterocycles. The van der Waals surface area contributed by atoms with Gasteiger partial charge in [-0.15, -0.1) is 0 Å². The molecule has 0 amide bonds. The number of rotatable bonds is 3. The zero-order chi connectivity index (χ0) is 17.0. The molecule has 1 aromatic carbocycles. The lowest BCUT2D eigenvalue weighted by Gasteiger charge is -2.32. The zero-order valence-corrected chi connectivity index (χ0v) is 12.2. The van der Waals surface area contributed by atoms with Gasteiger partial charge in [0, 0.05) is 0 Å². The van der Waals surface area contributed by atoms with Gasteiger partial charge in [0.15, 0.2) is 23.3 Å². The van der Waals surface area contributed by atoms with Crippen molar-refractivity contribution in [1.29, 1.82) is 0 Å². The fraction of sp³-hybridized carbons (Fsp3) is 0.333. The summed E-state index contributed by atoms with van der Waals surface area (Å²) in [7, 11) is 0. The minimum absolute atomic E-state index is 1.19. The van der Waals surface area contributed by atoms with Gasteiger partial charge in [-0.05, 0) is 31.9 Å². The molecule has 0 aliphatic heterocycles. The van der Waals surface area contributed by atoms with E-state index in [-0.39, 0.29) is 0 Å². The van der Waals surface area contributed by atoms with Crippen LogP contribution in [0, 0.1) is 29.1 Å². The summed E-state index contributed by atoms with van der Waals surface area (Å²) in [5.74, 6) is -20.5. The van der Waals surface area contributed by atoms with Gasteiger partial charge in [-0.25, -0.2) is 26.3 Å². The molecule has 120 valence electrons. The molecule has 0 spiro atoms. The molecule has 0 fully saturated rings. The van der Waals surface area contributed by atoms with Crippen LogP contribution in [-0.4, -0.2) is 9.41 Å². The molecule has 1 aromatic rings. The van der Waals surface area contributed by atoms with Crippen molar-refractivity contribution in [3.8, 4) is 0 Å². The van der Waals surface area contributed by atoms with Crippen molar-refractivity contribution in [2.24, 2.45) is 0 Å². The van der Waals surface area contributed by atoms with Crippen molar-refractivity contribution >= 4 is 31.9 Å². The zero-order valence-electron chi connectivity index (χ0n) is 9.04. The van der Waals surface area contributed by atoms with Crippen molar-refractivity contribution in [1.82, 2.24) is 0 Å². The SMILES string of the molecule is Fc1c(F)c(F)c(C(F)(F)C(F)(Br)C(F)(F)Br)c(F)c1F. The summed E-state index contributed by atoms with van der Waals surface area (Å²) >= 11 is 2.40. The lowest BCUT2D eigenvalue weighted by Crippen LogP contribution is -2.48. The van der Waals surface area contributed by atoms with Crippen LogP contribution in [0.2, 0.25) is 0 Å². The van der Waals surface area contributed by atoms with Crippen LogP contribution in [0.5, 0.6) is 0 Å². The number of hydrogen-bond donors (Lipinski definition) is 0. The van der Waals surface area contributed by atoms with Crippen molar-refractivity contribution in [2.45, 2.75) is 15.3 Å². The van der Waals surface area contributed by atoms with Gasteiger partial charge >= 0.3 is 15.3 Å². The Kier molecular flexibility index (Phi) is 4.66. The second kappa shape index (κ2) is 5.28. The standard InChI is InChI=1S/C9Br2F10/c10-8(19,9(11,20)21)7(17,18)1-2(12)4(14)6(16)5(15)3(1)13. The molecule has 0 heterocycles. The quantitative estimate of drug-likeness (QED) is 0.242. The molecule has 12 heteroatoms. The van der Waals surface area contributed by atoms with E-state index in [4.69, 9.17) is 0 Å². The molecule has 0 nitrogen and oxygen atoms in total. The lowest BCUT2D eigenvalue weighted by atomic mass is 10.0. The summed E-state index contributed by atoms with van der Waals surface area (Å²) in [6, 6.07) is 0. The monoisotopic (exact) mass is 456 g/mol. The van der Waals surface area contributed by atoms with E-state index >= 15 is 0 Å². The Labute approximate surface area is 126 Å². The van der Waals surface area contributed by atoms with Crippen LogP contribution in [0.15, 0.2) is 0 Å². The summed E-state index contributed by atoms with van der Waals surface area (Å²) in [6.07, 6.45) is 0. The fourth-order valence-electron chi connectivity index (χ4n) is 1.22. The smallest absolute Gasteiger partial charge is 0.216 e. The molecule has 0 saturated carbocycles. The van der Waals surface area contributed by atoms with Crippen molar-refractivity contribution < 1.29 is 43.9 Å². The van der Waals surface area contributed by atoms with E-state index in [1.807, 2.05) is 0 Å². The van der Waals surface area contributed by atoms with Crippen LogP contribution in [0.1, 0.15) is 5.56 Å². The van der Waals surface area contributed by atoms with Crippen LogP contribution < -0.4 is 0 Å². The van der Waals surface area contributed by atoms with E-state index in [1.54, 1.807) is 0 Å². The van der Waals surface area contributed by atoms with Crippen molar-refractivity contribution in [3.05, 3.63) is 34.6 Å². The highest BCUT2D eigenvalue weighted by Crippen LogP contribution is 2.57. The van der Waals surface area contributed by atoms with Gasteiger partial charge in [-0.1, -0.05) is 0 Å². The van der Waals surface area contributed by atoms with Gasteiger partial charge in [0.25, 0.3) is 0 Å². The Balaban J connectivity index is 3.76. The molecule has 0 aromatic heterocycles. The van der Waals surface area contributed by atoms with Crippen LogP contribution in [0.25, 0.3) is 0 Å². The van der Waals surface area contributed by atoms with E-state index in [9.17, 15) is 43.9 Å². The number of alkyl halides is 7. The Bertz CT molecular complexity index is 548. The van der Waals surface area contributed by atoms with E-state index < -0.39 is 50.0 Å². The van der Waals surface area contributed by atoms with Gasteiger partial charge in [0.1, 0.15) is 5.56 Å². The Hall–Kier alpha value is -0.520. The summed E-state index contributed by atoms with van der Waals surface area (Å²) in [5, 5.41) is 0. The average Bonchev–Trinajstić information content (AvgIpc) is 2.32. The summed E-state index contributed by atoms with van der Waals surface area (Å²) < 4.78 is 126. The minimum atomic E-state index is -5.82. The Morgan fingerprint density at radius 1 is 0.571 bits per heavy atom. The topological polar surface area (TPSA) is 0 Å². The van der Waals surface area contributed by atoms with E-state index in [0.717, 1.165) is 0 Å². The third-order valence-electron chi connectivity index (χ3n) is 2.27. The molecule has 0 aliphatic rings. The third-order valence-corrected chi connectivity index (χ3v) is 4.35. The molecule has 1 atom stereocenters. The average molecular weight is 458 g/mol. The van der Waals surface area contributed by atoms with Gasteiger partial charge in [0.2, 0.25) is 5.82 Å². The molecule has 0 aliphatic carbocycles. The Morgan fingerprint density at radius 3 is 1.14 bits per heavy atom. The van der Waals surface area contributed by atoms with E-state index in [1.165, 1.54) is 31.9 Å². The number of benzene rings is 1. The second-order valence-corrected chi connectivity index (χ2v) is 5.68.